The van der Waals surface area contributed by atoms with E-state index in [0.29, 0.717) is 0 Å². The molecule has 0 saturated carbocycles. The average molecular weight is 143 g/mol. The third-order valence-corrected chi connectivity index (χ3v) is 0.642. The maximum absolute atomic E-state index is 10.0. The zero-order valence-electron chi connectivity index (χ0n) is 6.80. The van der Waals surface area contributed by atoms with Crippen LogP contribution in [0.1, 0.15) is 27.7 Å². The lowest BCUT2D eigenvalue weighted by molar-refractivity contribution is -0.145. The Balaban J connectivity index is 0. The molecule has 1 N–H and O–H groups in total. The Bertz CT molecular complexity index is 139. The molecule has 0 aliphatic carbocycles. The van der Waals surface area contributed by atoms with Crippen molar-refractivity contribution in [2.45, 2.75) is 27.7 Å². The first kappa shape index (κ1) is 11.7. The molecule has 0 fully saturated rings. The fourth-order valence-electron chi connectivity index (χ4n) is 0. The van der Waals surface area contributed by atoms with Crippen LogP contribution < -0.4 is 0 Å². The Morgan fingerprint density at radius 3 is 1.60 bits per heavy atom. The van der Waals surface area contributed by atoms with Gasteiger partial charge in [0.15, 0.2) is 0 Å². The van der Waals surface area contributed by atoms with Crippen molar-refractivity contribution in [2.24, 2.45) is 5.41 Å². The van der Waals surface area contributed by atoms with E-state index in [1.54, 1.807) is 26.8 Å². The van der Waals surface area contributed by atoms with Crippen LogP contribution in [0.15, 0.2) is 0 Å². The highest BCUT2D eigenvalue weighted by molar-refractivity contribution is 5.72. The predicted molar refractivity (Wildman–Crippen MR) is 38.4 cm³/mol. The van der Waals surface area contributed by atoms with Crippen molar-refractivity contribution in [1.29, 1.82) is 5.26 Å². The van der Waals surface area contributed by atoms with Crippen LogP contribution in [0.4, 0.5) is 0 Å². The van der Waals surface area contributed by atoms with Gasteiger partial charge in [-0.25, -0.2) is 0 Å². The van der Waals surface area contributed by atoms with Gasteiger partial charge in [-0.2, -0.15) is 5.26 Å². The maximum Gasteiger partial charge on any atom is 0.308 e. The molecule has 0 atom stereocenters. The molecule has 0 aliphatic heterocycles. The van der Waals surface area contributed by atoms with E-state index in [2.05, 4.69) is 0 Å². The van der Waals surface area contributed by atoms with Crippen molar-refractivity contribution in [1.82, 2.24) is 0 Å². The molecule has 0 unspecified atom stereocenters. The van der Waals surface area contributed by atoms with Gasteiger partial charge in [0, 0.05) is 6.92 Å². The lowest BCUT2D eigenvalue weighted by Crippen LogP contribution is -2.18. The number of carboxylic acid groups (broad SMARTS) is 1. The molecule has 0 heterocycles. The fourth-order valence-corrected chi connectivity index (χ4v) is 0. The van der Waals surface area contributed by atoms with Crippen LogP contribution in [0.3, 0.4) is 0 Å². The number of aliphatic carboxylic acids is 1. The van der Waals surface area contributed by atoms with Crippen LogP contribution in [-0.4, -0.2) is 11.1 Å². The largest absolute Gasteiger partial charge is 0.481 e. The van der Waals surface area contributed by atoms with E-state index in [0.717, 1.165) is 0 Å². The number of hydrogen-bond donors (Lipinski definition) is 1. The Labute approximate surface area is 61.3 Å². The van der Waals surface area contributed by atoms with Crippen molar-refractivity contribution < 1.29 is 9.90 Å². The summed E-state index contributed by atoms with van der Waals surface area (Å²) < 4.78 is 0. The average Bonchev–Trinajstić information content (AvgIpc) is 1.64. The molecule has 0 radical (unpaired) electrons. The van der Waals surface area contributed by atoms with Crippen molar-refractivity contribution in [3.05, 3.63) is 0 Å². The van der Waals surface area contributed by atoms with Gasteiger partial charge in [0.2, 0.25) is 0 Å². The van der Waals surface area contributed by atoms with E-state index in [-0.39, 0.29) is 0 Å². The molecular formula is C7H13NO2. The molecule has 0 aromatic carbocycles. The molecule has 0 aromatic heterocycles. The van der Waals surface area contributed by atoms with Crippen molar-refractivity contribution in [3.63, 3.8) is 0 Å². The summed E-state index contributed by atoms with van der Waals surface area (Å²) in [7, 11) is 0. The summed E-state index contributed by atoms with van der Waals surface area (Å²) >= 11 is 0. The molecule has 0 amide bonds. The third-order valence-electron chi connectivity index (χ3n) is 0.642. The lowest BCUT2D eigenvalue weighted by atomic mass is 9.98. The quantitative estimate of drug-likeness (QED) is 0.560. The topological polar surface area (TPSA) is 61.1 Å². The minimum absolute atomic E-state index is 0.583. The highest BCUT2D eigenvalue weighted by Gasteiger charge is 2.18. The second-order valence-corrected chi connectivity index (χ2v) is 2.78. The Morgan fingerprint density at radius 1 is 1.50 bits per heavy atom. The molecule has 0 rings (SSSR count). The van der Waals surface area contributed by atoms with Gasteiger partial charge < -0.3 is 5.11 Å². The molecule has 3 nitrogen and oxygen atoms in total. The molecule has 0 bridgehead atoms. The third kappa shape index (κ3) is 10.0. The summed E-state index contributed by atoms with van der Waals surface area (Å²) in [6, 6.07) is 1.75. The smallest absolute Gasteiger partial charge is 0.308 e. The van der Waals surface area contributed by atoms with Gasteiger partial charge in [0.05, 0.1) is 11.5 Å². The summed E-state index contributed by atoms with van der Waals surface area (Å²) in [5, 5.41) is 15.6. The van der Waals surface area contributed by atoms with Gasteiger partial charge in [-0.15, -0.1) is 0 Å². The normalized spacial score (nSPS) is 8.70. The molecule has 0 aromatic rings. The number of carboxylic acids is 1. The van der Waals surface area contributed by atoms with Gasteiger partial charge in [0.25, 0.3) is 0 Å². The van der Waals surface area contributed by atoms with Crippen molar-refractivity contribution in [3.8, 4) is 6.07 Å². The standard InChI is InChI=1S/C5H10O2.C2H3N/c1-5(2,3)4(6)7;1-2-3/h1-3H3,(H,6,7);1H3. The number of nitrogens with zero attached hydrogens (tertiary/aromatic N) is 1. The summed E-state index contributed by atoms with van der Waals surface area (Å²) in [6.45, 7) is 6.42. The number of hydrogen-bond acceptors (Lipinski definition) is 2. The van der Waals surface area contributed by atoms with Crippen LogP contribution >= 0.6 is 0 Å². The van der Waals surface area contributed by atoms with E-state index in [4.69, 9.17) is 10.4 Å². The summed E-state index contributed by atoms with van der Waals surface area (Å²) in [5.41, 5.74) is -0.583. The van der Waals surface area contributed by atoms with Gasteiger partial charge in [0.1, 0.15) is 0 Å². The van der Waals surface area contributed by atoms with Gasteiger partial charge in [-0.05, 0) is 20.8 Å². The monoisotopic (exact) mass is 143 g/mol. The predicted octanol–water partition coefficient (Wildman–Crippen LogP) is 1.65. The molecule has 0 spiro atoms. The highest BCUT2D eigenvalue weighted by Crippen LogP contribution is 2.11. The first-order valence-corrected chi connectivity index (χ1v) is 2.90. The molecule has 3 heteroatoms. The molecule has 0 saturated heterocycles. The van der Waals surface area contributed by atoms with Gasteiger partial charge >= 0.3 is 5.97 Å². The summed E-state index contributed by atoms with van der Waals surface area (Å²) in [5.74, 6) is -0.757. The van der Waals surface area contributed by atoms with Crippen LogP contribution in [0, 0.1) is 16.7 Å². The number of nitriles is 1. The van der Waals surface area contributed by atoms with E-state index in [1.807, 2.05) is 0 Å². The molecule has 10 heavy (non-hydrogen) atoms. The summed E-state index contributed by atoms with van der Waals surface area (Å²) in [4.78, 5) is 10.0. The van der Waals surface area contributed by atoms with Crippen molar-refractivity contribution in [2.75, 3.05) is 0 Å². The zero-order valence-corrected chi connectivity index (χ0v) is 6.80. The Morgan fingerprint density at radius 2 is 1.60 bits per heavy atom. The first-order valence-electron chi connectivity index (χ1n) is 2.90. The van der Waals surface area contributed by atoms with Crippen molar-refractivity contribution >= 4 is 5.97 Å². The van der Waals surface area contributed by atoms with Crippen LogP contribution in [0.5, 0.6) is 0 Å². The number of carbonyl (C=O) groups is 1. The molecule has 0 aliphatic rings. The van der Waals surface area contributed by atoms with E-state index < -0.39 is 11.4 Å². The molecular weight excluding hydrogens is 130 g/mol. The SMILES string of the molecule is CC#N.CC(C)(C)C(=O)O. The first-order chi connectivity index (χ1) is 4.36. The second kappa shape index (κ2) is 4.80. The van der Waals surface area contributed by atoms with Crippen LogP contribution in [-0.2, 0) is 4.79 Å². The Kier molecular flexibility index (Phi) is 5.63. The van der Waals surface area contributed by atoms with E-state index in [1.165, 1.54) is 6.92 Å². The van der Waals surface area contributed by atoms with Gasteiger partial charge in [-0.1, -0.05) is 0 Å². The fraction of sp³-hybridized carbons (Fsp3) is 0.714. The van der Waals surface area contributed by atoms with Gasteiger partial charge in [-0.3, -0.25) is 4.79 Å². The van der Waals surface area contributed by atoms with Crippen LogP contribution in [0.25, 0.3) is 0 Å². The maximum atomic E-state index is 10.0. The van der Waals surface area contributed by atoms with Crippen LogP contribution in [0.2, 0.25) is 0 Å². The molecule has 58 valence electrons. The Hall–Kier alpha value is -1.04. The zero-order chi connectivity index (χ0) is 8.78. The van der Waals surface area contributed by atoms with E-state index >= 15 is 0 Å². The second-order valence-electron chi connectivity index (χ2n) is 2.78. The minimum Gasteiger partial charge on any atom is -0.481 e. The lowest BCUT2D eigenvalue weighted by Gasteiger charge is -2.08. The summed E-state index contributed by atoms with van der Waals surface area (Å²) in [6.07, 6.45) is 0. The highest BCUT2D eigenvalue weighted by atomic mass is 16.4. The number of rotatable bonds is 0. The minimum atomic E-state index is -0.757. The van der Waals surface area contributed by atoms with E-state index in [9.17, 15) is 4.79 Å².